The number of aliphatic hydroxyl groups excluding tert-OH is 1. The second-order valence-electron chi connectivity index (χ2n) is 8.40. The zero-order valence-electron chi connectivity index (χ0n) is 19.2. The fourth-order valence-corrected chi connectivity index (χ4v) is 3.43. The molecule has 0 radical (unpaired) electrons. The van der Waals surface area contributed by atoms with Crippen molar-refractivity contribution in [3.8, 4) is 0 Å². The van der Waals surface area contributed by atoms with Crippen LogP contribution in [0.25, 0.3) is 0 Å². The number of carbonyl (C=O) groups is 3. The Morgan fingerprint density at radius 3 is 2.33 bits per heavy atom. The molecule has 178 valence electrons. The number of ether oxygens (including phenoxy) is 1. The number of aryl methyl sites for hydroxylation is 1. The Morgan fingerprint density at radius 2 is 1.76 bits per heavy atom. The van der Waals surface area contributed by atoms with Crippen LogP contribution in [0.1, 0.15) is 37.9 Å². The van der Waals surface area contributed by atoms with Gasteiger partial charge in [-0.05, 0) is 44.9 Å². The number of amides is 3. The van der Waals surface area contributed by atoms with Crippen LogP contribution in [0.4, 0.5) is 10.5 Å². The summed E-state index contributed by atoms with van der Waals surface area (Å²) in [5.41, 5.74) is 1.01. The third kappa shape index (κ3) is 7.76. The van der Waals surface area contributed by atoms with Crippen LogP contribution in [0, 0.1) is 6.92 Å². The third-order valence-corrected chi connectivity index (χ3v) is 4.90. The number of alkyl carbamates (subject to hydrolysis) is 1. The molecule has 0 bridgehead atoms. The maximum atomic E-state index is 13.4. The molecule has 33 heavy (non-hydrogen) atoms. The first-order valence-corrected chi connectivity index (χ1v) is 10.9. The predicted octanol–water partition coefficient (Wildman–Crippen LogP) is 3.67. The van der Waals surface area contributed by atoms with Gasteiger partial charge in [-0.3, -0.25) is 9.59 Å². The molecule has 0 saturated heterocycles. The van der Waals surface area contributed by atoms with Crippen molar-refractivity contribution in [2.75, 3.05) is 25.0 Å². The van der Waals surface area contributed by atoms with Crippen molar-refractivity contribution in [1.82, 2.24) is 10.2 Å². The van der Waals surface area contributed by atoms with Gasteiger partial charge in [0.25, 0.3) is 5.91 Å². The van der Waals surface area contributed by atoms with Gasteiger partial charge in [0.2, 0.25) is 5.91 Å². The second-order valence-corrected chi connectivity index (χ2v) is 8.81. The Bertz CT molecular complexity index is 956. The molecule has 1 atom stereocenters. The smallest absolute Gasteiger partial charge is 0.408 e. The fourth-order valence-electron chi connectivity index (χ4n) is 3.16. The second kappa shape index (κ2) is 11.7. The summed E-state index contributed by atoms with van der Waals surface area (Å²) in [6.45, 7) is 6.02. The van der Waals surface area contributed by atoms with Crippen molar-refractivity contribution in [2.45, 2.75) is 39.3 Å². The number of nitrogens with one attached hydrogen (secondary N) is 2. The average Bonchev–Trinajstić information content (AvgIpc) is 2.74. The van der Waals surface area contributed by atoms with E-state index in [9.17, 15) is 19.5 Å². The Kier molecular flexibility index (Phi) is 9.25. The van der Waals surface area contributed by atoms with Gasteiger partial charge in [-0.2, -0.15) is 0 Å². The number of para-hydroxylation sites is 1. The lowest BCUT2D eigenvalue weighted by molar-refractivity contribution is -0.138. The number of benzene rings is 2. The number of hydrogen-bond acceptors (Lipinski definition) is 5. The summed E-state index contributed by atoms with van der Waals surface area (Å²) in [6, 6.07) is 12.9. The Morgan fingerprint density at radius 1 is 1.09 bits per heavy atom. The molecule has 9 heteroatoms. The van der Waals surface area contributed by atoms with Gasteiger partial charge in [-0.1, -0.05) is 54.1 Å². The lowest BCUT2D eigenvalue weighted by Gasteiger charge is -2.31. The van der Waals surface area contributed by atoms with E-state index in [0.29, 0.717) is 16.3 Å². The number of anilines is 1. The van der Waals surface area contributed by atoms with E-state index < -0.39 is 36.1 Å². The molecule has 0 spiro atoms. The molecule has 0 aliphatic heterocycles. The maximum absolute atomic E-state index is 13.4. The Labute approximate surface area is 198 Å². The van der Waals surface area contributed by atoms with Crippen LogP contribution in [-0.2, 0) is 14.3 Å². The van der Waals surface area contributed by atoms with Crippen molar-refractivity contribution in [1.29, 1.82) is 0 Å². The molecule has 2 rings (SSSR count). The first kappa shape index (κ1) is 26.2. The minimum atomic E-state index is -1.07. The molecule has 0 heterocycles. The number of aliphatic hydroxyl groups is 1. The van der Waals surface area contributed by atoms with Gasteiger partial charge in [-0.25, -0.2) is 4.79 Å². The molecule has 8 nitrogen and oxygen atoms in total. The molecule has 0 aliphatic carbocycles. The van der Waals surface area contributed by atoms with E-state index in [2.05, 4.69) is 10.6 Å². The fraction of sp³-hybridized carbons (Fsp3) is 0.375. The largest absolute Gasteiger partial charge is 0.444 e. The zero-order chi connectivity index (χ0) is 24.6. The molecule has 3 amide bonds. The molecule has 2 aromatic carbocycles. The van der Waals surface area contributed by atoms with Crippen molar-refractivity contribution < 1.29 is 24.2 Å². The number of rotatable bonds is 8. The molecule has 0 saturated carbocycles. The van der Waals surface area contributed by atoms with E-state index in [1.165, 1.54) is 4.90 Å². The normalized spacial score (nSPS) is 11.9. The minimum absolute atomic E-state index is 0.122. The van der Waals surface area contributed by atoms with Crippen molar-refractivity contribution in [3.05, 3.63) is 64.7 Å². The van der Waals surface area contributed by atoms with E-state index in [1.807, 2.05) is 0 Å². The van der Waals surface area contributed by atoms with E-state index in [-0.39, 0.29) is 13.2 Å². The van der Waals surface area contributed by atoms with Crippen LogP contribution >= 0.6 is 11.6 Å². The molecule has 3 N–H and O–H groups in total. The molecular formula is C24H30ClN3O5. The summed E-state index contributed by atoms with van der Waals surface area (Å²) in [4.78, 5) is 39.7. The van der Waals surface area contributed by atoms with Gasteiger partial charge in [-0.15, -0.1) is 0 Å². The van der Waals surface area contributed by atoms with Crippen LogP contribution in [0.3, 0.4) is 0 Å². The topological polar surface area (TPSA) is 108 Å². The number of halogens is 1. The van der Waals surface area contributed by atoms with E-state index in [1.54, 1.807) is 76.2 Å². The van der Waals surface area contributed by atoms with Crippen LogP contribution in [0.5, 0.6) is 0 Å². The highest BCUT2D eigenvalue weighted by molar-refractivity contribution is 6.34. The Balaban J connectivity index is 2.31. The van der Waals surface area contributed by atoms with Gasteiger partial charge in [0.1, 0.15) is 18.2 Å². The van der Waals surface area contributed by atoms with Gasteiger partial charge in [0.15, 0.2) is 0 Å². The van der Waals surface area contributed by atoms with Crippen LogP contribution in [0.2, 0.25) is 5.02 Å². The summed E-state index contributed by atoms with van der Waals surface area (Å²) < 4.78 is 5.16. The monoisotopic (exact) mass is 475 g/mol. The molecule has 1 unspecified atom stereocenters. The van der Waals surface area contributed by atoms with Gasteiger partial charge in [0, 0.05) is 6.54 Å². The molecule has 0 aromatic heterocycles. The maximum Gasteiger partial charge on any atom is 0.408 e. The van der Waals surface area contributed by atoms with Crippen LogP contribution in [-0.4, -0.2) is 53.2 Å². The first-order chi connectivity index (χ1) is 15.5. The summed E-state index contributed by atoms with van der Waals surface area (Å²) in [5, 5.41) is 15.2. The van der Waals surface area contributed by atoms with E-state index >= 15 is 0 Å². The first-order valence-electron chi connectivity index (χ1n) is 10.5. The van der Waals surface area contributed by atoms with Crippen LogP contribution in [0.15, 0.2) is 48.5 Å². The number of nitrogens with zero attached hydrogens (tertiary/aromatic N) is 1. The third-order valence-electron chi connectivity index (χ3n) is 4.59. The number of hydrogen-bond donors (Lipinski definition) is 3. The highest BCUT2D eigenvalue weighted by Gasteiger charge is 2.32. The van der Waals surface area contributed by atoms with E-state index in [4.69, 9.17) is 16.3 Å². The highest BCUT2D eigenvalue weighted by atomic mass is 35.5. The lowest BCUT2D eigenvalue weighted by Crippen LogP contribution is -2.47. The van der Waals surface area contributed by atoms with Gasteiger partial charge in [0.05, 0.1) is 17.3 Å². The SMILES string of the molecule is Cc1cccc(Cl)c1NC(=O)C(c1ccccc1)N(CCO)C(=O)CNC(=O)OC(C)(C)C. The highest BCUT2D eigenvalue weighted by Crippen LogP contribution is 2.28. The average molecular weight is 476 g/mol. The molecule has 0 fully saturated rings. The molecule has 2 aromatic rings. The zero-order valence-corrected chi connectivity index (χ0v) is 20.0. The minimum Gasteiger partial charge on any atom is -0.444 e. The predicted molar refractivity (Wildman–Crippen MR) is 127 cm³/mol. The van der Waals surface area contributed by atoms with Crippen molar-refractivity contribution >= 4 is 35.2 Å². The van der Waals surface area contributed by atoms with Crippen LogP contribution < -0.4 is 10.6 Å². The lowest BCUT2D eigenvalue weighted by atomic mass is 10.0. The van der Waals surface area contributed by atoms with Crippen molar-refractivity contribution in [2.24, 2.45) is 0 Å². The van der Waals surface area contributed by atoms with Gasteiger partial charge >= 0.3 is 6.09 Å². The van der Waals surface area contributed by atoms with Gasteiger partial charge < -0.3 is 25.4 Å². The standard InChI is InChI=1S/C24H30ClN3O5/c1-16-9-8-12-18(25)20(16)27-22(31)21(17-10-6-5-7-11-17)28(13-14-29)19(30)15-26-23(32)33-24(2,3)4/h5-12,21,29H,13-15H2,1-4H3,(H,26,32)(H,27,31). The summed E-state index contributed by atoms with van der Waals surface area (Å²) in [7, 11) is 0. The summed E-state index contributed by atoms with van der Waals surface area (Å²) >= 11 is 6.27. The summed E-state index contributed by atoms with van der Waals surface area (Å²) in [5.74, 6) is -1.06. The summed E-state index contributed by atoms with van der Waals surface area (Å²) in [6.07, 6.45) is -0.757. The van der Waals surface area contributed by atoms with E-state index in [0.717, 1.165) is 5.56 Å². The number of carbonyl (C=O) groups excluding carboxylic acids is 3. The molecule has 0 aliphatic rings. The quantitative estimate of drug-likeness (QED) is 0.539. The molecular weight excluding hydrogens is 446 g/mol. The Hall–Kier alpha value is -3.10. The van der Waals surface area contributed by atoms with Crippen molar-refractivity contribution in [3.63, 3.8) is 0 Å².